The third-order valence-electron chi connectivity index (χ3n) is 3.04. The highest BCUT2D eigenvalue weighted by Crippen LogP contribution is 2.14. The number of hydrogen-bond acceptors (Lipinski definition) is 3. The average molecular weight is 259 g/mol. The maximum Gasteiger partial charge on any atom is 0.329 e. The van der Waals surface area contributed by atoms with E-state index in [1.807, 2.05) is 36.6 Å². The summed E-state index contributed by atoms with van der Waals surface area (Å²) in [6.07, 6.45) is 0. The minimum atomic E-state index is 0.00172. The summed E-state index contributed by atoms with van der Waals surface area (Å²) in [5, 5.41) is 3.03. The van der Waals surface area contributed by atoms with E-state index in [1.54, 1.807) is 27.5 Å². The maximum absolute atomic E-state index is 12.2. The molecule has 0 bridgehead atoms. The number of hydrogen-bond donors (Lipinski definition) is 0. The molecule has 0 amide bonds. The molecule has 0 saturated heterocycles. The molecule has 2 aromatic heterocycles. The van der Waals surface area contributed by atoms with Crippen LogP contribution in [-0.4, -0.2) is 14.1 Å². The Bertz CT molecular complexity index is 766. The number of imidazole rings is 1. The summed E-state index contributed by atoms with van der Waals surface area (Å²) in [5.41, 5.74) is 2.85. The largest absolute Gasteiger partial charge is 0.329 e. The quantitative estimate of drug-likeness (QED) is 0.707. The molecule has 2 heterocycles. The normalized spacial score (nSPS) is 11.2. The van der Waals surface area contributed by atoms with E-state index in [1.165, 1.54) is 0 Å². The first-order chi connectivity index (χ1) is 8.66. The SMILES string of the molecule is Cc1nc(Cn2c(=O)n(C)c3ccccc32)cs1. The Morgan fingerprint density at radius 1 is 1.28 bits per heavy atom. The lowest BCUT2D eigenvalue weighted by Gasteiger charge is -1.99. The lowest BCUT2D eigenvalue weighted by atomic mass is 10.3. The molecular formula is C13H13N3OS. The highest BCUT2D eigenvalue weighted by atomic mass is 32.1. The molecule has 0 aliphatic carbocycles. The molecule has 0 fully saturated rings. The lowest BCUT2D eigenvalue weighted by molar-refractivity contribution is 0.724. The van der Waals surface area contributed by atoms with Gasteiger partial charge >= 0.3 is 5.69 Å². The van der Waals surface area contributed by atoms with Crippen molar-refractivity contribution in [2.24, 2.45) is 7.05 Å². The van der Waals surface area contributed by atoms with Gasteiger partial charge in [-0.25, -0.2) is 9.78 Å². The van der Waals surface area contributed by atoms with Crippen molar-refractivity contribution in [3.8, 4) is 0 Å². The van der Waals surface area contributed by atoms with Crippen LogP contribution in [0, 0.1) is 6.92 Å². The first kappa shape index (κ1) is 11.2. The number of thiazole rings is 1. The lowest BCUT2D eigenvalue weighted by Crippen LogP contribution is -2.22. The summed E-state index contributed by atoms with van der Waals surface area (Å²) >= 11 is 1.61. The van der Waals surface area contributed by atoms with E-state index in [4.69, 9.17) is 0 Å². The third-order valence-corrected chi connectivity index (χ3v) is 3.86. The fourth-order valence-electron chi connectivity index (χ4n) is 2.16. The summed E-state index contributed by atoms with van der Waals surface area (Å²) in [6.45, 7) is 2.50. The van der Waals surface area contributed by atoms with Gasteiger partial charge in [-0.2, -0.15) is 0 Å². The van der Waals surface area contributed by atoms with Crippen LogP contribution in [0.1, 0.15) is 10.7 Å². The van der Waals surface area contributed by atoms with Crippen molar-refractivity contribution in [1.29, 1.82) is 0 Å². The first-order valence-electron chi connectivity index (χ1n) is 5.72. The highest BCUT2D eigenvalue weighted by molar-refractivity contribution is 7.09. The fraction of sp³-hybridized carbons (Fsp3) is 0.231. The summed E-state index contributed by atoms with van der Waals surface area (Å²) in [6, 6.07) is 7.82. The molecule has 3 aromatic rings. The van der Waals surface area contributed by atoms with E-state index in [2.05, 4.69) is 4.98 Å². The minimum Gasteiger partial charge on any atom is -0.295 e. The van der Waals surface area contributed by atoms with Gasteiger partial charge in [0.15, 0.2) is 0 Å². The Hall–Kier alpha value is -1.88. The first-order valence-corrected chi connectivity index (χ1v) is 6.60. The molecule has 0 atom stereocenters. The van der Waals surface area contributed by atoms with Crippen LogP contribution in [0.3, 0.4) is 0 Å². The molecule has 92 valence electrons. The van der Waals surface area contributed by atoms with E-state index in [0.29, 0.717) is 6.54 Å². The third kappa shape index (κ3) is 1.67. The molecule has 0 radical (unpaired) electrons. The Morgan fingerprint density at radius 2 is 2.00 bits per heavy atom. The fourth-order valence-corrected chi connectivity index (χ4v) is 2.76. The van der Waals surface area contributed by atoms with E-state index < -0.39 is 0 Å². The van der Waals surface area contributed by atoms with Gasteiger partial charge in [0, 0.05) is 12.4 Å². The zero-order valence-corrected chi connectivity index (χ0v) is 11.1. The molecule has 0 saturated carbocycles. The Labute approximate surface area is 108 Å². The van der Waals surface area contributed by atoms with E-state index in [0.717, 1.165) is 21.7 Å². The average Bonchev–Trinajstić information content (AvgIpc) is 2.88. The van der Waals surface area contributed by atoms with Crippen molar-refractivity contribution in [1.82, 2.24) is 14.1 Å². The summed E-state index contributed by atoms with van der Waals surface area (Å²) in [4.78, 5) is 16.6. The Kier molecular flexibility index (Phi) is 2.56. The predicted molar refractivity (Wildman–Crippen MR) is 73.1 cm³/mol. The second kappa shape index (κ2) is 4.10. The van der Waals surface area contributed by atoms with E-state index >= 15 is 0 Å². The van der Waals surface area contributed by atoms with Gasteiger partial charge < -0.3 is 0 Å². The zero-order chi connectivity index (χ0) is 12.7. The standard InChI is InChI=1S/C13H13N3OS/c1-9-14-10(8-18-9)7-16-12-6-4-3-5-11(12)15(2)13(16)17/h3-6,8H,7H2,1-2H3. The van der Waals surface area contributed by atoms with Crippen molar-refractivity contribution in [2.75, 3.05) is 0 Å². The van der Waals surface area contributed by atoms with Crippen LogP contribution < -0.4 is 5.69 Å². The number of para-hydroxylation sites is 2. The smallest absolute Gasteiger partial charge is 0.295 e. The topological polar surface area (TPSA) is 39.8 Å². The number of rotatable bonds is 2. The second-order valence-corrected chi connectivity index (χ2v) is 5.34. The van der Waals surface area contributed by atoms with E-state index in [-0.39, 0.29) is 5.69 Å². The molecule has 0 N–H and O–H groups in total. The van der Waals surface area contributed by atoms with Gasteiger partial charge in [-0.1, -0.05) is 12.1 Å². The van der Waals surface area contributed by atoms with Crippen molar-refractivity contribution in [3.05, 3.63) is 50.8 Å². The van der Waals surface area contributed by atoms with Gasteiger partial charge in [0.1, 0.15) is 0 Å². The van der Waals surface area contributed by atoms with Crippen molar-refractivity contribution < 1.29 is 0 Å². The van der Waals surface area contributed by atoms with Crippen LogP contribution >= 0.6 is 11.3 Å². The van der Waals surface area contributed by atoms with Crippen molar-refractivity contribution >= 4 is 22.4 Å². The Balaban J connectivity index is 2.17. The molecule has 0 spiro atoms. The van der Waals surface area contributed by atoms with Crippen LogP contribution in [0.5, 0.6) is 0 Å². The monoisotopic (exact) mass is 259 g/mol. The van der Waals surface area contributed by atoms with Crippen LogP contribution in [-0.2, 0) is 13.6 Å². The number of aromatic nitrogens is 3. The van der Waals surface area contributed by atoms with Gasteiger partial charge in [-0.3, -0.25) is 9.13 Å². The van der Waals surface area contributed by atoms with Crippen LogP contribution in [0.15, 0.2) is 34.4 Å². The molecule has 0 aliphatic heterocycles. The number of nitrogens with zero attached hydrogens (tertiary/aromatic N) is 3. The summed E-state index contributed by atoms with van der Waals surface area (Å²) in [7, 11) is 1.80. The van der Waals surface area contributed by atoms with E-state index in [9.17, 15) is 4.79 Å². The van der Waals surface area contributed by atoms with Crippen LogP contribution in [0.2, 0.25) is 0 Å². The molecule has 0 unspecified atom stereocenters. The number of fused-ring (bicyclic) bond motifs is 1. The van der Waals surface area contributed by atoms with Gasteiger partial charge in [0.2, 0.25) is 0 Å². The molecule has 18 heavy (non-hydrogen) atoms. The molecule has 4 nitrogen and oxygen atoms in total. The molecule has 5 heteroatoms. The van der Waals surface area contributed by atoms with Crippen LogP contribution in [0.4, 0.5) is 0 Å². The highest BCUT2D eigenvalue weighted by Gasteiger charge is 2.11. The molecular weight excluding hydrogens is 246 g/mol. The van der Waals surface area contributed by atoms with Gasteiger partial charge in [0.05, 0.1) is 28.3 Å². The molecule has 0 aliphatic rings. The summed E-state index contributed by atoms with van der Waals surface area (Å²) in [5.74, 6) is 0. The number of aryl methyl sites for hydroxylation is 2. The predicted octanol–water partition coefficient (Wildman–Crippen LogP) is 2.15. The maximum atomic E-state index is 12.2. The Morgan fingerprint density at radius 3 is 2.67 bits per heavy atom. The van der Waals surface area contributed by atoms with Gasteiger partial charge in [-0.05, 0) is 19.1 Å². The zero-order valence-electron chi connectivity index (χ0n) is 10.3. The minimum absolute atomic E-state index is 0.00172. The second-order valence-electron chi connectivity index (χ2n) is 4.27. The van der Waals surface area contributed by atoms with Crippen molar-refractivity contribution in [2.45, 2.75) is 13.5 Å². The van der Waals surface area contributed by atoms with Gasteiger partial charge in [0.25, 0.3) is 0 Å². The molecule has 1 aromatic carbocycles. The van der Waals surface area contributed by atoms with Gasteiger partial charge in [-0.15, -0.1) is 11.3 Å². The number of benzene rings is 1. The van der Waals surface area contributed by atoms with Crippen molar-refractivity contribution in [3.63, 3.8) is 0 Å². The van der Waals surface area contributed by atoms with Crippen LogP contribution in [0.25, 0.3) is 11.0 Å². The summed E-state index contributed by atoms with van der Waals surface area (Å²) < 4.78 is 3.44. The molecule has 3 rings (SSSR count).